The van der Waals surface area contributed by atoms with Gasteiger partial charge < -0.3 is 14.6 Å². The Labute approximate surface area is 104 Å². The first-order chi connectivity index (χ1) is 8.69. The summed E-state index contributed by atoms with van der Waals surface area (Å²) in [6, 6.07) is 9.47. The monoisotopic (exact) mass is 245 g/mol. The molecule has 1 aromatic carbocycles. The fourth-order valence-electron chi connectivity index (χ4n) is 1.35. The zero-order chi connectivity index (χ0) is 13.0. The second-order valence-corrected chi connectivity index (χ2v) is 3.48. The van der Waals surface area contributed by atoms with Crippen LogP contribution in [0.15, 0.2) is 42.6 Å². The maximum absolute atomic E-state index is 11.2. The van der Waals surface area contributed by atoms with Gasteiger partial charge in [0.1, 0.15) is 11.5 Å². The quantitative estimate of drug-likeness (QED) is 0.841. The SMILES string of the molecule is COC(=O)c1ccc(Oc2cccc(O)c2)nc1. The predicted octanol–water partition coefficient (Wildman–Crippen LogP) is 2.37. The van der Waals surface area contributed by atoms with Crippen molar-refractivity contribution in [2.45, 2.75) is 0 Å². The Bertz CT molecular complexity index is 551. The molecular formula is C13H11NO4. The molecule has 0 atom stereocenters. The van der Waals surface area contributed by atoms with E-state index in [0.29, 0.717) is 17.2 Å². The van der Waals surface area contributed by atoms with Crippen molar-refractivity contribution in [1.82, 2.24) is 4.98 Å². The molecule has 0 spiro atoms. The number of hydrogen-bond acceptors (Lipinski definition) is 5. The van der Waals surface area contributed by atoms with Gasteiger partial charge in [0.25, 0.3) is 0 Å². The van der Waals surface area contributed by atoms with E-state index in [9.17, 15) is 9.90 Å². The van der Waals surface area contributed by atoms with Gasteiger partial charge in [-0.25, -0.2) is 9.78 Å². The Morgan fingerprint density at radius 2 is 2.11 bits per heavy atom. The standard InChI is InChI=1S/C13H11NO4/c1-17-13(16)9-5-6-12(14-8-9)18-11-4-2-3-10(15)7-11/h2-8,15H,1H3. The third-order valence-electron chi connectivity index (χ3n) is 2.20. The molecule has 1 heterocycles. The van der Waals surface area contributed by atoms with E-state index in [1.165, 1.54) is 19.4 Å². The van der Waals surface area contributed by atoms with E-state index in [4.69, 9.17) is 4.74 Å². The number of aromatic nitrogens is 1. The Morgan fingerprint density at radius 3 is 2.72 bits per heavy atom. The summed E-state index contributed by atoms with van der Waals surface area (Å²) in [7, 11) is 1.31. The van der Waals surface area contributed by atoms with Crippen LogP contribution in [0.5, 0.6) is 17.4 Å². The Kier molecular flexibility index (Phi) is 3.43. The van der Waals surface area contributed by atoms with Crippen LogP contribution in [-0.2, 0) is 4.74 Å². The van der Waals surface area contributed by atoms with Crippen LogP contribution in [0, 0.1) is 0 Å². The third-order valence-corrected chi connectivity index (χ3v) is 2.20. The average molecular weight is 245 g/mol. The van der Waals surface area contributed by atoms with Gasteiger partial charge in [-0.15, -0.1) is 0 Å². The molecule has 92 valence electrons. The molecule has 0 aliphatic carbocycles. The molecule has 0 bridgehead atoms. The molecule has 0 unspecified atom stereocenters. The number of rotatable bonds is 3. The van der Waals surface area contributed by atoms with Crippen molar-refractivity contribution in [2.75, 3.05) is 7.11 Å². The Hall–Kier alpha value is -2.56. The summed E-state index contributed by atoms with van der Waals surface area (Å²) in [5, 5.41) is 9.28. The average Bonchev–Trinajstić information content (AvgIpc) is 2.39. The number of hydrogen-bond donors (Lipinski definition) is 1. The number of aromatic hydroxyl groups is 1. The molecule has 2 rings (SSSR count). The molecule has 0 aliphatic rings. The van der Waals surface area contributed by atoms with Crippen LogP contribution < -0.4 is 4.74 Å². The van der Waals surface area contributed by atoms with Gasteiger partial charge in [-0.3, -0.25) is 0 Å². The van der Waals surface area contributed by atoms with Crippen LogP contribution in [0.3, 0.4) is 0 Å². The Morgan fingerprint density at radius 1 is 1.28 bits per heavy atom. The van der Waals surface area contributed by atoms with Crippen LogP contribution in [0.4, 0.5) is 0 Å². The fraction of sp³-hybridized carbons (Fsp3) is 0.0769. The van der Waals surface area contributed by atoms with Crippen LogP contribution >= 0.6 is 0 Å². The van der Waals surface area contributed by atoms with Crippen molar-refractivity contribution in [3.05, 3.63) is 48.2 Å². The number of pyridine rings is 1. The van der Waals surface area contributed by atoms with Gasteiger partial charge in [0.2, 0.25) is 5.88 Å². The van der Waals surface area contributed by atoms with E-state index < -0.39 is 5.97 Å². The van der Waals surface area contributed by atoms with Crippen LogP contribution in [0.2, 0.25) is 0 Å². The predicted molar refractivity (Wildman–Crippen MR) is 63.8 cm³/mol. The second-order valence-electron chi connectivity index (χ2n) is 3.48. The summed E-state index contributed by atoms with van der Waals surface area (Å²) < 4.78 is 9.96. The topological polar surface area (TPSA) is 68.7 Å². The number of nitrogens with zero attached hydrogens (tertiary/aromatic N) is 1. The molecule has 5 nitrogen and oxygen atoms in total. The highest BCUT2D eigenvalue weighted by Crippen LogP contribution is 2.23. The minimum atomic E-state index is -0.452. The summed E-state index contributed by atoms with van der Waals surface area (Å²) in [4.78, 5) is 15.2. The van der Waals surface area contributed by atoms with E-state index in [1.807, 2.05) is 0 Å². The first kappa shape index (κ1) is 11.9. The lowest BCUT2D eigenvalue weighted by atomic mass is 10.3. The molecule has 0 aliphatic heterocycles. The molecular weight excluding hydrogens is 234 g/mol. The zero-order valence-corrected chi connectivity index (χ0v) is 9.66. The minimum Gasteiger partial charge on any atom is -0.508 e. The molecule has 0 fully saturated rings. The van der Waals surface area contributed by atoms with Gasteiger partial charge >= 0.3 is 5.97 Å². The van der Waals surface area contributed by atoms with Crippen molar-refractivity contribution in [2.24, 2.45) is 0 Å². The fourth-order valence-corrected chi connectivity index (χ4v) is 1.35. The molecule has 5 heteroatoms. The largest absolute Gasteiger partial charge is 0.508 e. The smallest absolute Gasteiger partial charge is 0.339 e. The van der Waals surface area contributed by atoms with Crippen molar-refractivity contribution < 1.29 is 19.4 Å². The first-order valence-corrected chi connectivity index (χ1v) is 5.20. The lowest BCUT2D eigenvalue weighted by molar-refractivity contribution is 0.0600. The van der Waals surface area contributed by atoms with Crippen LogP contribution in [0.25, 0.3) is 0 Å². The maximum atomic E-state index is 11.2. The molecule has 1 aromatic heterocycles. The number of ether oxygens (including phenoxy) is 2. The summed E-state index contributed by atoms with van der Waals surface area (Å²) in [5.41, 5.74) is 0.348. The number of methoxy groups -OCH3 is 1. The highest BCUT2D eigenvalue weighted by molar-refractivity contribution is 5.88. The molecule has 18 heavy (non-hydrogen) atoms. The molecule has 0 saturated carbocycles. The van der Waals surface area contributed by atoms with Crippen molar-refractivity contribution in [1.29, 1.82) is 0 Å². The maximum Gasteiger partial charge on any atom is 0.339 e. The van der Waals surface area contributed by atoms with E-state index in [1.54, 1.807) is 30.3 Å². The number of carbonyl (C=O) groups excluding carboxylic acids is 1. The van der Waals surface area contributed by atoms with Gasteiger partial charge in [-0.2, -0.15) is 0 Å². The molecule has 1 N–H and O–H groups in total. The van der Waals surface area contributed by atoms with Gasteiger partial charge in [0.05, 0.1) is 12.7 Å². The lowest BCUT2D eigenvalue weighted by Gasteiger charge is -2.05. The van der Waals surface area contributed by atoms with Crippen molar-refractivity contribution >= 4 is 5.97 Å². The van der Waals surface area contributed by atoms with Crippen LogP contribution in [0.1, 0.15) is 10.4 Å². The summed E-state index contributed by atoms with van der Waals surface area (Å²) in [6.07, 6.45) is 1.37. The summed E-state index contributed by atoms with van der Waals surface area (Å²) in [5.74, 6) is 0.451. The van der Waals surface area contributed by atoms with Gasteiger partial charge in [-0.1, -0.05) is 6.07 Å². The molecule has 0 radical (unpaired) electrons. The van der Waals surface area contributed by atoms with Crippen LogP contribution in [-0.4, -0.2) is 23.2 Å². The summed E-state index contributed by atoms with van der Waals surface area (Å²) in [6.45, 7) is 0. The highest BCUT2D eigenvalue weighted by atomic mass is 16.5. The minimum absolute atomic E-state index is 0.110. The Balaban J connectivity index is 2.13. The van der Waals surface area contributed by atoms with Crippen molar-refractivity contribution in [3.8, 4) is 17.4 Å². The lowest BCUT2D eigenvalue weighted by Crippen LogP contribution is -2.01. The molecule has 0 amide bonds. The van der Waals surface area contributed by atoms with E-state index >= 15 is 0 Å². The summed E-state index contributed by atoms with van der Waals surface area (Å²) >= 11 is 0. The normalized spacial score (nSPS) is 9.83. The molecule has 0 saturated heterocycles. The van der Waals surface area contributed by atoms with E-state index in [2.05, 4.69) is 9.72 Å². The van der Waals surface area contributed by atoms with Crippen molar-refractivity contribution in [3.63, 3.8) is 0 Å². The van der Waals surface area contributed by atoms with Gasteiger partial charge in [0.15, 0.2) is 0 Å². The van der Waals surface area contributed by atoms with E-state index in [0.717, 1.165) is 0 Å². The third kappa shape index (κ3) is 2.76. The van der Waals surface area contributed by atoms with Gasteiger partial charge in [-0.05, 0) is 18.2 Å². The molecule has 2 aromatic rings. The highest BCUT2D eigenvalue weighted by Gasteiger charge is 2.06. The van der Waals surface area contributed by atoms with Gasteiger partial charge in [0, 0.05) is 18.3 Å². The number of phenolic OH excluding ortho intramolecular Hbond substituents is 1. The number of phenols is 1. The number of benzene rings is 1. The zero-order valence-electron chi connectivity index (χ0n) is 9.66. The second kappa shape index (κ2) is 5.18. The first-order valence-electron chi connectivity index (χ1n) is 5.20. The number of esters is 1. The number of carbonyl (C=O) groups is 1. The van der Waals surface area contributed by atoms with E-state index in [-0.39, 0.29) is 5.75 Å².